The van der Waals surface area contributed by atoms with Crippen LogP contribution in [0.2, 0.25) is 0 Å². The molecule has 2 N–H and O–H groups in total. The minimum atomic E-state index is 0.356. The Morgan fingerprint density at radius 1 is 1.33 bits per heavy atom. The second kappa shape index (κ2) is 5.16. The fraction of sp³-hybridized carbons (Fsp3) is 0.471. The highest BCUT2D eigenvalue weighted by atomic mass is 79.9. The predicted octanol–water partition coefficient (Wildman–Crippen LogP) is 4.45. The van der Waals surface area contributed by atoms with Crippen molar-refractivity contribution in [2.75, 3.05) is 23.7 Å². The molecule has 3 nitrogen and oxygen atoms in total. The van der Waals surface area contributed by atoms with Crippen molar-refractivity contribution >= 4 is 38.2 Å². The number of rotatable bonds is 1. The van der Waals surface area contributed by atoms with E-state index in [0.29, 0.717) is 5.41 Å². The van der Waals surface area contributed by atoms with Gasteiger partial charge in [-0.25, -0.2) is 0 Å². The Kier molecular flexibility index (Phi) is 3.60. The molecule has 0 spiro atoms. The van der Waals surface area contributed by atoms with E-state index in [1.807, 2.05) is 12.3 Å². The van der Waals surface area contributed by atoms with Gasteiger partial charge >= 0.3 is 0 Å². The smallest absolute Gasteiger partial charge is 0.0956 e. The molecular weight excluding hydrogens is 326 g/mol. The molecule has 4 heteroatoms. The van der Waals surface area contributed by atoms with E-state index in [1.165, 1.54) is 12.1 Å². The lowest BCUT2D eigenvalue weighted by molar-refractivity contribution is 0.263. The van der Waals surface area contributed by atoms with E-state index in [0.717, 1.165) is 40.1 Å². The van der Waals surface area contributed by atoms with Crippen molar-refractivity contribution in [3.05, 3.63) is 28.9 Å². The molecule has 1 atom stereocenters. The van der Waals surface area contributed by atoms with Gasteiger partial charge < -0.3 is 10.6 Å². The van der Waals surface area contributed by atoms with Gasteiger partial charge in [-0.15, -0.1) is 0 Å². The van der Waals surface area contributed by atoms with E-state index in [4.69, 9.17) is 5.73 Å². The zero-order valence-corrected chi connectivity index (χ0v) is 14.4. The molecule has 1 saturated heterocycles. The third-order valence-corrected chi connectivity index (χ3v) is 5.02. The zero-order chi connectivity index (χ0) is 15.2. The van der Waals surface area contributed by atoms with Gasteiger partial charge in [0.05, 0.1) is 11.2 Å². The van der Waals surface area contributed by atoms with Gasteiger partial charge in [0.25, 0.3) is 0 Å². The fourth-order valence-corrected chi connectivity index (χ4v) is 3.47. The van der Waals surface area contributed by atoms with Crippen LogP contribution >= 0.6 is 15.9 Å². The molecule has 1 aliphatic heterocycles. The van der Waals surface area contributed by atoms with Gasteiger partial charge in [-0.05, 0) is 51.9 Å². The summed E-state index contributed by atoms with van der Waals surface area (Å²) in [4.78, 5) is 7.06. The number of nitrogen functional groups attached to an aromatic ring is 1. The zero-order valence-electron chi connectivity index (χ0n) is 12.9. The van der Waals surface area contributed by atoms with Crippen LogP contribution in [0.5, 0.6) is 0 Å². The minimum Gasteiger partial charge on any atom is -0.398 e. The van der Waals surface area contributed by atoms with Crippen LogP contribution in [-0.4, -0.2) is 18.1 Å². The van der Waals surface area contributed by atoms with Crippen molar-refractivity contribution in [2.45, 2.75) is 27.2 Å². The van der Waals surface area contributed by atoms with Crippen LogP contribution in [0.4, 0.5) is 11.4 Å². The van der Waals surface area contributed by atoms with Gasteiger partial charge in [0, 0.05) is 34.8 Å². The lowest BCUT2D eigenvalue weighted by atomic mass is 9.80. The molecule has 0 radical (unpaired) electrons. The Labute approximate surface area is 134 Å². The first kappa shape index (κ1) is 14.6. The quantitative estimate of drug-likeness (QED) is 0.774. The number of pyridine rings is 1. The topological polar surface area (TPSA) is 42.1 Å². The van der Waals surface area contributed by atoms with E-state index in [2.05, 4.69) is 58.7 Å². The van der Waals surface area contributed by atoms with Crippen LogP contribution in [-0.2, 0) is 0 Å². The summed E-state index contributed by atoms with van der Waals surface area (Å²) in [5.41, 5.74) is 9.47. The molecule has 1 fully saturated rings. The molecule has 0 saturated carbocycles. The highest BCUT2D eigenvalue weighted by molar-refractivity contribution is 9.10. The van der Waals surface area contributed by atoms with Crippen molar-refractivity contribution in [3.8, 4) is 0 Å². The van der Waals surface area contributed by atoms with Crippen molar-refractivity contribution in [1.82, 2.24) is 4.98 Å². The van der Waals surface area contributed by atoms with E-state index in [-0.39, 0.29) is 0 Å². The molecule has 1 aromatic carbocycles. The van der Waals surface area contributed by atoms with Crippen LogP contribution in [0.25, 0.3) is 10.9 Å². The van der Waals surface area contributed by atoms with E-state index >= 15 is 0 Å². The maximum atomic E-state index is 6.11. The number of hydrogen-bond donors (Lipinski definition) is 1. The molecule has 1 unspecified atom stereocenters. The van der Waals surface area contributed by atoms with Gasteiger partial charge in [-0.3, -0.25) is 4.98 Å². The summed E-state index contributed by atoms with van der Waals surface area (Å²) in [6.45, 7) is 9.19. The van der Waals surface area contributed by atoms with Crippen molar-refractivity contribution < 1.29 is 0 Å². The first-order chi connectivity index (χ1) is 9.86. The van der Waals surface area contributed by atoms with E-state index in [9.17, 15) is 0 Å². The summed E-state index contributed by atoms with van der Waals surface area (Å²) in [6, 6.07) is 6.16. The lowest BCUT2D eigenvalue weighted by Crippen LogP contribution is -2.26. The van der Waals surface area contributed by atoms with Crippen LogP contribution in [0.1, 0.15) is 27.2 Å². The van der Waals surface area contributed by atoms with Gasteiger partial charge in [0.15, 0.2) is 0 Å². The maximum absolute atomic E-state index is 6.11. The normalized spacial score (nSPS) is 19.4. The third kappa shape index (κ3) is 2.73. The highest BCUT2D eigenvalue weighted by Gasteiger charge is 2.32. The standard InChI is InChI=1S/C17H22BrN3/c1-17(2,3)11-6-7-21(10-11)15-5-4-14(19)13-8-12(18)9-20-16(13)15/h4-5,8-9,11H,6-7,10,19H2,1-3H3. The number of anilines is 2. The van der Waals surface area contributed by atoms with Crippen molar-refractivity contribution in [2.24, 2.45) is 11.3 Å². The first-order valence-corrected chi connectivity index (χ1v) is 8.24. The van der Waals surface area contributed by atoms with Crippen LogP contribution in [0.3, 0.4) is 0 Å². The molecule has 112 valence electrons. The fourth-order valence-electron chi connectivity index (χ4n) is 3.14. The molecule has 2 heterocycles. The molecule has 21 heavy (non-hydrogen) atoms. The summed E-state index contributed by atoms with van der Waals surface area (Å²) in [5, 5.41) is 1.03. The summed E-state index contributed by atoms with van der Waals surface area (Å²) < 4.78 is 0.966. The Balaban J connectivity index is 2.01. The monoisotopic (exact) mass is 347 g/mol. The Bertz CT molecular complexity index is 676. The van der Waals surface area contributed by atoms with E-state index < -0.39 is 0 Å². The first-order valence-electron chi connectivity index (χ1n) is 7.45. The molecule has 0 bridgehead atoms. The Hall–Kier alpha value is -1.29. The largest absolute Gasteiger partial charge is 0.398 e. The van der Waals surface area contributed by atoms with E-state index in [1.54, 1.807) is 0 Å². The number of aromatic nitrogens is 1. The summed E-state index contributed by atoms with van der Waals surface area (Å²) >= 11 is 3.48. The molecule has 3 rings (SSSR count). The molecular formula is C17H22BrN3. The van der Waals surface area contributed by atoms with Crippen molar-refractivity contribution in [3.63, 3.8) is 0 Å². The van der Waals surface area contributed by atoms with Crippen LogP contribution in [0, 0.1) is 11.3 Å². The molecule has 1 aliphatic rings. The molecule has 0 amide bonds. The van der Waals surface area contributed by atoms with Gasteiger partial charge in [-0.1, -0.05) is 20.8 Å². The lowest BCUT2D eigenvalue weighted by Gasteiger charge is -2.27. The van der Waals surface area contributed by atoms with Crippen LogP contribution < -0.4 is 10.6 Å². The van der Waals surface area contributed by atoms with Gasteiger partial charge in [-0.2, -0.15) is 0 Å². The summed E-state index contributed by atoms with van der Waals surface area (Å²) in [5.74, 6) is 0.723. The number of hydrogen-bond acceptors (Lipinski definition) is 3. The maximum Gasteiger partial charge on any atom is 0.0956 e. The van der Waals surface area contributed by atoms with Crippen LogP contribution in [0.15, 0.2) is 28.9 Å². The van der Waals surface area contributed by atoms with Gasteiger partial charge in [0.2, 0.25) is 0 Å². The summed E-state index contributed by atoms with van der Waals surface area (Å²) in [7, 11) is 0. The molecule has 1 aromatic heterocycles. The Morgan fingerprint density at radius 2 is 2.10 bits per heavy atom. The highest BCUT2D eigenvalue weighted by Crippen LogP contribution is 2.38. The molecule has 2 aromatic rings. The summed E-state index contributed by atoms with van der Waals surface area (Å²) in [6.07, 6.45) is 3.09. The molecule has 0 aliphatic carbocycles. The third-order valence-electron chi connectivity index (χ3n) is 4.58. The minimum absolute atomic E-state index is 0.356. The number of halogens is 1. The predicted molar refractivity (Wildman–Crippen MR) is 93.6 cm³/mol. The number of nitrogens with two attached hydrogens (primary N) is 1. The second-order valence-electron chi connectivity index (χ2n) is 7.02. The number of nitrogens with zero attached hydrogens (tertiary/aromatic N) is 2. The second-order valence-corrected chi connectivity index (χ2v) is 7.94. The van der Waals surface area contributed by atoms with Gasteiger partial charge in [0.1, 0.15) is 0 Å². The SMILES string of the molecule is CC(C)(C)C1CCN(c2ccc(N)c3cc(Br)cnc23)C1. The van der Waals surface area contributed by atoms with Crippen molar-refractivity contribution in [1.29, 1.82) is 0 Å². The average Bonchev–Trinajstić information content (AvgIpc) is 2.89. The average molecular weight is 348 g/mol. The number of fused-ring (bicyclic) bond motifs is 1. The Morgan fingerprint density at radius 3 is 2.76 bits per heavy atom. The number of benzene rings is 1.